The summed E-state index contributed by atoms with van der Waals surface area (Å²) in [6, 6.07) is 15.2. The maximum atomic E-state index is 12.1. The van der Waals surface area contributed by atoms with Crippen molar-refractivity contribution in [3.8, 4) is 11.5 Å². The number of ether oxygens (including phenoxy) is 3. The minimum absolute atomic E-state index is 0.119. The molecule has 2 aromatic carbocycles. The Balaban J connectivity index is 1.35. The van der Waals surface area contributed by atoms with Gasteiger partial charge in [0.15, 0.2) is 11.5 Å². The van der Waals surface area contributed by atoms with Crippen molar-refractivity contribution in [2.45, 2.75) is 13.0 Å². The van der Waals surface area contributed by atoms with E-state index in [1.54, 1.807) is 18.2 Å². The summed E-state index contributed by atoms with van der Waals surface area (Å²) in [6.45, 7) is 1.98. The Hall–Kier alpha value is -2.53. The van der Waals surface area contributed by atoms with Gasteiger partial charge < -0.3 is 19.5 Å². The number of hydrogen-bond acceptors (Lipinski definition) is 4. The Kier molecular flexibility index (Phi) is 5.11. The summed E-state index contributed by atoms with van der Waals surface area (Å²) < 4.78 is 16.1. The second kappa shape index (κ2) is 7.65. The highest BCUT2D eigenvalue weighted by atomic mass is 16.7. The van der Waals surface area contributed by atoms with E-state index in [4.69, 9.17) is 14.2 Å². The second-order valence-corrected chi connectivity index (χ2v) is 5.22. The summed E-state index contributed by atoms with van der Waals surface area (Å²) in [6.07, 6.45) is 0.767. The molecule has 0 spiro atoms. The summed E-state index contributed by atoms with van der Waals surface area (Å²) >= 11 is 0. The number of rotatable bonds is 7. The van der Waals surface area contributed by atoms with E-state index in [-0.39, 0.29) is 12.7 Å². The molecule has 0 aromatic heterocycles. The standard InChI is InChI=1S/C18H19NO4/c20-18(15-7-8-16-17(11-15)23-13-22-16)19-9-4-10-21-12-14-5-2-1-3-6-14/h1-3,5-8,11H,4,9-10,12-13H2,(H,19,20). The highest BCUT2D eigenvalue weighted by Gasteiger charge is 2.15. The van der Waals surface area contributed by atoms with E-state index in [0.717, 1.165) is 12.0 Å². The number of carbonyl (C=O) groups excluding carboxylic acids is 1. The summed E-state index contributed by atoms with van der Waals surface area (Å²) in [7, 11) is 0. The predicted molar refractivity (Wildman–Crippen MR) is 85.6 cm³/mol. The molecule has 1 heterocycles. The van der Waals surface area contributed by atoms with E-state index in [0.29, 0.717) is 36.8 Å². The Morgan fingerprint density at radius 3 is 2.78 bits per heavy atom. The quantitative estimate of drug-likeness (QED) is 0.799. The molecule has 5 heteroatoms. The SMILES string of the molecule is O=C(NCCCOCc1ccccc1)c1ccc2c(c1)OCO2. The van der Waals surface area contributed by atoms with E-state index >= 15 is 0 Å². The summed E-state index contributed by atoms with van der Waals surface area (Å²) in [5.74, 6) is 1.17. The van der Waals surface area contributed by atoms with Crippen molar-refractivity contribution >= 4 is 5.91 Å². The van der Waals surface area contributed by atoms with Crippen LogP contribution in [0.25, 0.3) is 0 Å². The van der Waals surface area contributed by atoms with Gasteiger partial charge in [0.2, 0.25) is 6.79 Å². The molecule has 23 heavy (non-hydrogen) atoms. The van der Waals surface area contributed by atoms with Crippen LogP contribution in [0.1, 0.15) is 22.3 Å². The zero-order valence-electron chi connectivity index (χ0n) is 12.8. The zero-order valence-corrected chi connectivity index (χ0v) is 12.8. The minimum Gasteiger partial charge on any atom is -0.454 e. The lowest BCUT2D eigenvalue weighted by atomic mass is 10.2. The fourth-order valence-corrected chi connectivity index (χ4v) is 2.28. The topological polar surface area (TPSA) is 56.8 Å². The third-order valence-electron chi connectivity index (χ3n) is 3.50. The smallest absolute Gasteiger partial charge is 0.251 e. The maximum Gasteiger partial charge on any atom is 0.251 e. The lowest BCUT2D eigenvalue weighted by Crippen LogP contribution is -2.25. The van der Waals surface area contributed by atoms with Crippen molar-refractivity contribution in [1.29, 1.82) is 0 Å². The van der Waals surface area contributed by atoms with Gasteiger partial charge in [-0.25, -0.2) is 0 Å². The van der Waals surface area contributed by atoms with Crippen molar-refractivity contribution in [2.24, 2.45) is 0 Å². The molecule has 1 N–H and O–H groups in total. The van der Waals surface area contributed by atoms with Gasteiger partial charge in [0.05, 0.1) is 6.61 Å². The molecule has 1 aliphatic rings. The number of amides is 1. The van der Waals surface area contributed by atoms with Gasteiger partial charge in [-0.15, -0.1) is 0 Å². The van der Waals surface area contributed by atoms with Crippen LogP contribution >= 0.6 is 0 Å². The summed E-state index contributed by atoms with van der Waals surface area (Å²) in [4.78, 5) is 12.1. The monoisotopic (exact) mass is 313 g/mol. The van der Waals surface area contributed by atoms with Crippen LogP contribution in [0.15, 0.2) is 48.5 Å². The minimum atomic E-state index is -0.119. The highest BCUT2D eigenvalue weighted by molar-refractivity contribution is 5.94. The van der Waals surface area contributed by atoms with Gasteiger partial charge in [-0.3, -0.25) is 4.79 Å². The first-order valence-electron chi connectivity index (χ1n) is 7.62. The largest absolute Gasteiger partial charge is 0.454 e. The van der Waals surface area contributed by atoms with E-state index in [9.17, 15) is 4.79 Å². The number of fused-ring (bicyclic) bond motifs is 1. The van der Waals surface area contributed by atoms with Crippen molar-refractivity contribution in [3.63, 3.8) is 0 Å². The van der Waals surface area contributed by atoms with Crippen molar-refractivity contribution < 1.29 is 19.0 Å². The molecular weight excluding hydrogens is 294 g/mol. The number of benzene rings is 2. The fraction of sp³-hybridized carbons (Fsp3) is 0.278. The lowest BCUT2D eigenvalue weighted by Gasteiger charge is -2.07. The molecule has 1 amide bonds. The zero-order chi connectivity index (χ0) is 15.9. The van der Waals surface area contributed by atoms with Gasteiger partial charge in [0.1, 0.15) is 0 Å². The molecule has 120 valence electrons. The predicted octanol–water partition coefficient (Wildman–Crippen LogP) is 2.75. The molecule has 0 saturated heterocycles. The molecule has 0 atom stereocenters. The Morgan fingerprint density at radius 2 is 1.91 bits per heavy atom. The van der Waals surface area contributed by atoms with Crippen LogP contribution in [0, 0.1) is 0 Å². The molecule has 1 aliphatic heterocycles. The molecule has 5 nitrogen and oxygen atoms in total. The molecule has 0 radical (unpaired) electrons. The van der Waals surface area contributed by atoms with Crippen molar-refractivity contribution in [1.82, 2.24) is 5.32 Å². The third-order valence-corrected chi connectivity index (χ3v) is 3.50. The van der Waals surface area contributed by atoms with Gasteiger partial charge in [-0.1, -0.05) is 30.3 Å². The van der Waals surface area contributed by atoms with Crippen LogP contribution < -0.4 is 14.8 Å². The van der Waals surface area contributed by atoms with E-state index in [1.807, 2.05) is 30.3 Å². The Bertz CT molecular complexity index is 657. The van der Waals surface area contributed by atoms with E-state index in [1.165, 1.54) is 0 Å². The van der Waals surface area contributed by atoms with Gasteiger partial charge in [-0.2, -0.15) is 0 Å². The van der Waals surface area contributed by atoms with Crippen LogP contribution in [0.3, 0.4) is 0 Å². The van der Waals surface area contributed by atoms with E-state index < -0.39 is 0 Å². The molecule has 2 aromatic rings. The number of carbonyl (C=O) groups is 1. The fourth-order valence-electron chi connectivity index (χ4n) is 2.28. The van der Waals surface area contributed by atoms with Crippen LogP contribution in [0.5, 0.6) is 11.5 Å². The Labute approximate surface area is 135 Å². The first-order valence-corrected chi connectivity index (χ1v) is 7.62. The van der Waals surface area contributed by atoms with Gasteiger partial charge >= 0.3 is 0 Å². The molecule has 0 aliphatic carbocycles. The molecule has 3 rings (SSSR count). The van der Waals surface area contributed by atoms with Crippen molar-refractivity contribution in [2.75, 3.05) is 19.9 Å². The van der Waals surface area contributed by atoms with Crippen LogP contribution in [0.4, 0.5) is 0 Å². The Morgan fingerprint density at radius 1 is 1.09 bits per heavy atom. The van der Waals surface area contributed by atoms with Crippen LogP contribution in [0.2, 0.25) is 0 Å². The normalized spacial score (nSPS) is 12.2. The molecule has 0 fully saturated rings. The van der Waals surface area contributed by atoms with Crippen LogP contribution in [-0.4, -0.2) is 25.9 Å². The van der Waals surface area contributed by atoms with E-state index in [2.05, 4.69) is 5.32 Å². The first-order chi connectivity index (χ1) is 11.3. The van der Waals surface area contributed by atoms with Crippen LogP contribution in [-0.2, 0) is 11.3 Å². The second-order valence-electron chi connectivity index (χ2n) is 5.22. The number of hydrogen-bond donors (Lipinski definition) is 1. The number of nitrogens with one attached hydrogen (secondary N) is 1. The lowest BCUT2D eigenvalue weighted by molar-refractivity contribution is 0.0934. The molecule has 0 bridgehead atoms. The maximum absolute atomic E-state index is 12.1. The first kappa shape index (κ1) is 15.4. The van der Waals surface area contributed by atoms with Gasteiger partial charge in [0.25, 0.3) is 5.91 Å². The van der Waals surface area contributed by atoms with Crippen molar-refractivity contribution in [3.05, 3.63) is 59.7 Å². The molecule has 0 saturated carbocycles. The molecular formula is C18H19NO4. The molecule has 0 unspecified atom stereocenters. The summed E-state index contributed by atoms with van der Waals surface area (Å²) in [5.41, 5.74) is 1.72. The average molecular weight is 313 g/mol. The summed E-state index contributed by atoms with van der Waals surface area (Å²) in [5, 5.41) is 2.87. The third kappa shape index (κ3) is 4.23. The van der Waals surface area contributed by atoms with Gasteiger partial charge in [0, 0.05) is 18.7 Å². The average Bonchev–Trinajstić information content (AvgIpc) is 3.06. The van der Waals surface area contributed by atoms with Gasteiger partial charge in [-0.05, 0) is 30.2 Å². The highest BCUT2D eigenvalue weighted by Crippen LogP contribution is 2.32.